The summed E-state index contributed by atoms with van der Waals surface area (Å²) in [5, 5.41) is 0. The molecule has 0 N–H and O–H groups in total. The topological polar surface area (TPSA) is 54.5 Å². The van der Waals surface area contributed by atoms with Crippen molar-refractivity contribution >= 4 is 21.6 Å². The molecule has 0 aliphatic carbocycles. The summed E-state index contributed by atoms with van der Waals surface area (Å²) in [5.41, 5.74) is 1.53. The van der Waals surface area contributed by atoms with Gasteiger partial charge in [0.2, 0.25) is 5.91 Å². The molecule has 3 rings (SSSR count). The second kappa shape index (κ2) is 4.66. The molecular weight excluding hydrogens is 293 g/mol. The van der Waals surface area contributed by atoms with Gasteiger partial charge in [-0.05, 0) is 42.8 Å². The Hall–Kier alpha value is -2.21. The first-order chi connectivity index (χ1) is 9.89. The summed E-state index contributed by atoms with van der Waals surface area (Å²) in [5.74, 6) is -1.06. The second-order valence-electron chi connectivity index (χ2n) is 4.93. The van der Waals surface area contributed by atoms with Gasteiger partial charge in [0.1, 0.15) is 5.82 Å². The monoisotopic (exact) mass is 305 g/mol. The first-order valence-corrected chi connectivity index (χ1v) is 7.77. The maximum absolute atomic E-state index is 13.2. The molecule has 21 heavy (non-hydrogen) atoms. The summed E-state index contributed by atoms with van der Waals surface area (Å²) in [7, 11) is -3.97. The van der Waals surface area contributed by atoms with Crippen LogP contribution in [0.3, 0.4) is 0 Å². The van der Waals surface area contributed by atoms with Gasteiger partial charge in [0.15, 0.2) is 0 Å². The molecule has 1 amide bonds. The number of carbonyl (C=O) groups is 1. The summed E-state index contributed by atoms with van der Waals surface area (Å²) >= 11 is 0. The first-order valence-electron chi connectivity index (χ1n) is 6.33. The summed E-state index contributed by atoms with van der Waals surface area (Å²) in [6.45, 7) is 1.84. The number of halogens is 1. The normalized spacial score (nSPS) is 14.4. The molecule has 0 aromatic heterocycles. The Balaban J connectivity index is 2.12. The van der Waals surface area contributed by atoms with Crippen molar-refractivity contribution in [1.82, 2.24) is 0 Å². The standard InChI is InChI=1S/C15H12FNO3S/c1-10-2-5-13(6-3-10)21(19,20)17-14-7-4-12(16)8-11(14)9-15(17)18/h2-8H,9H2,1H3. The third kappa shape index (κ3) is 2.21. The predicted molar refractivity (Wildman–Crippen MR) is 76.0 cm³/mol. The van der Waals surface area contributed by atoms with Crippen LogP contribution < -0.4 is 4.31 Å². The van der Waals surface area contributed by atoms with E-state index in [2.05, 4.69) is 0 Å². The molecule has 6 heteroatoms. The molecule has 0 atom stereocenters. The van der Waals surface area contributed by atoms with Crippen molar-refractivity contribution in [2.75, 3.05) is 4.31 Å². The molecule has 0 spiro atoms. The SMILES string of the molecule is Cc1ccc(S(=O)(=O)N2C(=O)Cc3cc(F)ccc32)cc1. The van der Waals surface area contributed by atoms with Crippen molar-refractivity contribution in [3.8, 4) is 0 Å². The van der Waals surface area contributed by atoms with Gasteiger partial charge in [-0.15, -0.1) is 0 Å². The zero-order valence-corrected chi connectivity index (χ0v) is 12.0. The zero-order valence-electron chi connectivity index (χ0n) is 11.2. The van der Waals surface area contributed by atoms with Crippen LogP contribution in [0.5, 0.6) is 0 Å². The number of nitrogens with zero attached hydrogens (tertiary/aromatic N) is 1. The molecule has 1 aliphatic heterocycles. The lowest BCUT2D eigenvalue weighted by Crippen LogP contribution is -2.33. The molecule has 0 bridgehead atoms. The molecule has 0 saturated carbocycles. The Morgan fingerprint density at radius 3 is 2.43 bits per heavy atom. The summed E-state index contributed by atoms with van der Waals surface area (Å²) < 4.78 is 39.2. The van der Waals surface area contributed by atoms with Crippen LogP contribution in [0.1, 0.15) is 11.1 Å². The van der Waals surface area contributed by atoms with Crippen LogP contribution in [0.15, 0.2) is 47.4 Å². The van der Waals surface area contributed by atoms with E-state index in [-0.39, 0.29) is 17.0 Å². The van der Waals surface area contributed by atoms with Gasteiger partial charge in [-0.25, -0.2) is 17.1 Å². The average Bonchev–Trinajstić information content (AvgIpc) is 2.74. The molecule has 108 valence electrons. The Morgan fingerprint density at radius 1 is 1.10 bits per heavy atom. The van der Waals surface area contributed by atoms with Gasteiger partial charge < -0.3 is 0 Å². The molecule has 0 radical (unpaired) electrons. The number of carbonyl (C=O) groups excluding carboxylic acids is 1. The highest BCUT2D eigenvalue weighted by Gasteiger charge is 2.37. The number of hydrogen-bond donors (Lipinski definition) is 0. The fourth-order valence-corrected chi connectivity index (χ4v) is 3.80. The molecule has 1 heterocycles. The van der Waals surface area contributed by atoms with Crippen LogP contribution in [0.25, 0.3) is 0 Å². The maximum atomic E-state index is 13.2. The van der Waals surface area contributed by atoms with E-state index in [0.29, 0.717) is 5.56 Å². The lowest BCUT2D eigenvalue weighted by atomic mass is 10.2. The predicted octanol–water partition coefficient (Wildman–Crippen LogP) is 2.41. The lowest BCUT2D eigenvalue weighted by molar-refractivity contribution is -0.116. The number of sulfonamides is 1. The third-order valence-corrected chi connectivity index (χ3v) is 5.14. The number of aryl methyl sites for hydroxylation is 1. The highest BCUT2D eigenvalue weighted by molar-refractivity contribution is 7.93. The van der Waals surface area contributed by atoms with Crippen LogP contribution >= 0.6 is 0 Å². The summed E-state index contributed by atoms with van der Waals surface area (Å²) in [6.07, 6.45) is -0.113. The van der Waals surface area contributed by atoms with Crippen LogP contribution in [0.2, 0.25) is 0 Å². The van der Waals surface area contributed by atoms with Gasteiger partial charge in [0.25, 0.3) is 10.0 Å². The van der Waals surface area contributed by atoms with E-state index in [0.717, 1.165) is 15.9 Å². The van der Waals surface area contributed by atoms with Gasteiger partial charge in [-0.2, -0.15) is 0 Å². The van der Waals surface area contributed by atoms with Crippen molar-refractivity contribution in [2.45, 2.75) is 18.2 Å². The first kappa shape index (κ1) is 13.8. The van der Waals surface area contributed by atoms with E-state index in [9.17, 15) is 17.6 Å². The minimum atomic E-state index is -3.97. The number of hydrogen-bond acceptors (Lipinski definition) is 3. The molecule has 4 nitrogen and oxygen atoms in total. The lowest BCUT2D eigenvalue weighted by Gasteiger charge is -2.17. The van der Waals surface area contributed by atoms with Gasteiger partial charge >= 0.3 is 0 Å². The third-order valence-electron chi connectivity index (χ3n) is 3.39. The van der Waals surface area contributed by atoms with E-state index in [1.807, 2.05) is 6.92 Å². The number of fused-ring (bicyclic) bond motifs is 1. The molecule has 2 aromatic rings. The molecule has 0 saturated heterocycles. The quantitative estimate of drug-likeness (QED) is 0.856. The molecule has 0 fully saturated rings. The fraction of sp³-hybridized carbons (Fsp3) is 0.133. The van der Waals surface area contributed by atoms with Crippen molar-refractivity contribution in [3.05, 3.63) is 59.4 Å². The average molecular weight is 305 g/mol. The van der Waals surface area contributed by atoms with E-state index in [4.69, 9.17) is 0 Å². The number of amides is 1. The number of benzene rings is 2. The fourth-order valence-electron chi connectivity index (χ4n) is 2.34. The zero-order chi connectivity index (χ0) is 15.2. The van der Waals surface area contributed by atoms with Crippen molar-refractivity contribution in [3.63, 3.8) is 0 Å². The number of rotatable bonds is 2. The largest absolute Gasteiger partial charge is 0.273 e. The molecule has 2 aromatic carbocycles. The Bertz CT molecular complexity index is 828. The smallest absolute Gasteiger partial charge is 0.270 e. The van der Waals surface area contributed by atoms with Crippen molar-refractivity contribution < 1.29 is 17.6 Å². The van der Waals surface area contributed by atoms with E-state index < -0.39 is 21.7 Å². The molecule has 1 aliphatic rings. The van der Waals surface area contributed by atoms with Crippen molar-refractivity contribution in [1.29, 1.82) is 0 Å². The Kier molecular flexibility index (Phi) is 3.06. The van der Waals surface area contributed by atoms with E-state index in [1.165, 1.54) is 24.3 Å². The Morgan fingerprint density at radius 2 is 1.76 bits per heavy atom. The van der Waals surface area contributed by atoms with Crippen LogP contribution in [0, 0.1) is 12.7 Å². The minimum Gasteiger partial charge on any atom is -0.273 e. The van der Waals surface area contributed by atoms with Gasteiger partial charge in [-0.1, -0.05) is 17.7 Å². The van der Waals surface area contributed by atoms with Crippen molar-refractivity contribution in [2.24, 2.45) is 0 Å². The molecular formula is C15H12FNO3S. The highest BCUT2D eigenvalue weighted by atomic mass is 32.2. The Labute approximate surface area is 121 Å². The number of anilines is 1. The van der Waals surface area contributed by atoms with Gasteiger partial charge in [-0.3, -0.25) is 4.79 Å². The summed E-state index contributed by atoms with van der Waals surface area (Å²) in [4.78, 5) is 12.1. The second-order valence-corrected chi connectivity index (χ2v) is 6.71. The molecule has 0 unspecified atom stereocenters. The van der Waals surface area contributed by atoms with Crippen LogP contribution in [0.4, 0.5) is 10.1 Å². The van der Waals surface area contributed by atoms with Crippen LogP contribution in [-0.4, -0.2) is 14.3 Å². The van der Waals surface area contributed by atoms with Gasteiger partial charge in [0.05, 0.1) is 17.0 Å². The minimum absolute atomic E-state index is 0.0404. The van der Waals surface area contributed by atoms with Crippen LogP contribution in [-0.2, 0) is 21.2 Å². The maximum Gasteiger partial charge on any atom is 0.270 e. The van der Waals surface area contributed by atoms with E-state index >= 15 is 0 Å². The van der Waals surface area contributed by atoms with E-state index in [1.54, 1.807) is 12.1 Å². The summed E-state index contributed by atoms with van der Waals surface area (Å²) in [6, 6.07) is 9.91. The van der Waals surface area contributed by atoms with Gasteiger partial charge in [0, 0.05) is 0 Å². The highest BCUT2D eigenvalue weighted by Crippen LogP contribution is 2.34.